The average Bonchev–Trinajstić information content (AvgIpc) is 2.63. The molecule has 0 saturated carbocycles. The SMILES string of the molecule is CC(C)(C)C(=O)NCCC(=O)NC[C@H](Cc1ccc2ccccc2c1)C(=O)O. The minimum atomic E-state index is -0.950. The molecule has 2 aromatic carbocycles. The van der Waals surface area contributed by atoms with Crippen LogP contribution in [-0.4, -0.2) is 36.0 Å². The molecule has 3 N–H and O–H groups in total. The highest BCUT2D eigenvalue weighted by Gasteiger charge is 2.21. The average molecular weight is 384 g/mol. The van der Waals surface area contributed by atoms with Crippen LogP contribution in [0.4, 0.5) is 0 Å². The third kappa shape index (κ3) is 6.37. The molecule has 0 spiro atoms. The van der Waals surface area contributed by atoms with Gasteiger partial charge in [0, 0.05) is 24.9 Å². The molecule has 1 atom stereocenters. The third-order valence-electron chi connectivity index (χ3n) is 4.51. The number of nitrogens with one attached hydrogen (secondary N) is 2. The Morgan fingerprint density at radius 1 is 1.00 bits per heavy atom. The van der Waals surface area contributed by atoms with Gasteiger partial charge in [0.25, 0.3) is 0 Å². The van der Waals surface area contributed by atoms with E-state index < -0.39 is 17.3 Å². The second-order valence-corrected chi connectivity index (χ2v) is 7.98. The van der Waals surface area contributed by atoms with Crippen LogP contribution in [0.2, 0.25) is 0 Å². The molecule has 6 nitrogen and oxygen atoms in total. The Bertz CT molecular complexity index is 855. The molecular weight excluding hydrogens is 356 g/mol. The number of rotatable bonds is 8. The smallest absolute Gasteiger partial charge is 0.308 e. The molecule has 0 aliphatic rings. The topological polar surface area (TPSA) is 95.5 Å². The van der Waals surface area contributed by atoms with Crippen LogP contribution in [0.5, 0.6) is 0 Å². The largest absolute Gasteiger partial charge is 0.481 e. The summed E-state index contributed by atoms with van der Waals surface area (Å²) in [7, 11) is 0. The molecular formula is C22H28N2O4. The summed E-state index contributed by atoms with van der Waals surface area (Å²) >= 11 is 0. The highest BCUT2D eigenvalue weighted by atomic mass is 16.4. The quantitative estimate of drug-likeness (QED) is 0.652. The first-order chi connectivity index (χ1) is 13.2. The molecule has 2 aromatic rings. The van der Waals surface area contributed by atoms with Crippen LogP contribution in [0.1, 0.15) is 32.8 Å². The van der Waals surface area contributed by atoms with Crippen LogP contribution >= 0.6 is 0 Å². The number of hydrogen-bond donors (Lipinski definition) is 3. The van der Waals surface area contributed by atoms with Crippen molar-refractivity contribution in [3.63, 3.8) is 0 Å². The minimum Gasteiger partial charge on any atom is -0.481 e. The maximum absolute atomic E-state index is 12.0. The summed E-state index contributed by atoms with van der Waals surface area (Å²) in [6, 6.07) is 13.8. The van der Waals surface area contributed by atoms with Gasteiger partial charge in [-0.05, 0) is 22.8 Å². The molecule has 0 bridgehead atoms. The zero-order chi connectivity index (χ0) is 20.7. The second-order valence-electron chi connectivity index (χ2n) is 7.98. The van der Waals surface area contributed by atoms with Gasteiger partial charge in [0.2, 0.25) is 11.8 Å². The molecule has 0 aliphatic carbocycles. The van der Waals surface area contributed by atoms with Gasteiger partial charge >= 0.3 is 5.97 Å². The lowest BCUT2D eigenvalue weighted by Gasteiger charge is -2.18. The molecule has 0 aliphatic heterocycles. The standard InChI is InChI=1S/C22H28N2O4/c1-22(2,3)21(28)23-11-10-19(25)24-14-18(20(26)27)13-15-8-9-16-6-4-5-7-17(16)12-15/h4-9,12,18H,10-11,13-14H2,1-3H3,(H,23,28)(H,24,25)(H,26,27)/t18-/m0/s1. The van der Waals surface area contributed by atoms with E-state index in [0.717, 1.165) is 16.3 Å². The fraction of sp³-hybridized carbons (Fsp3) is 0.409. The van der Waals surface area contributed by atoms with Gasteiger partial charge in [-0.1, -0.05) is 63.2 Å². The number of amides is 2. The maximum atomic E-state index is 12.0. The van der Waals surface area contributed by atoms with Crippen molar-refractivity contribution >= 4 is 28.6 Å². The van der Waals surface area contributed by atoms with Crippen molar-refractivity contribution in [3.8, 4) is 0 Å². The van der Waals surface area contributed by atoms with Crippen LogP contribution < -0.4 is 10.6 Å². The normalized spacial score (nSPS) is 12.4. The van der Waals surface area contributed by atoms with Gasteiger partial charge in [-0.15, -0.1) is 0 Å². The molecule has 2 amide bonds. The Labute approximate surface area is 165 Å². The van der Waals surface area contributed by atoms with Gasteiger partial charge < -0.3 is 15.7 Å². The van der Waals surface area contributed by atoms with E-state index in [1.165, 1.54) is 0 Å². The number of fused-ring (bicyclic) bond motifs is 1. The van der Waals surface area contributed by atoms with Crippen molar-refractivity contribution in [2.75, 3.05) is 13.1 Å². The first-order valence-corrected chi connectivity index (χ1v) is 9.42. The van der Waals surface area contributed by atoms with Crippen LogP contribution in [0.3, 0.4) is 0 Å². The highest BCUT2D eigenvalue weighted by molar-refractivity contribution is 5.84. The van der Waals surface area contributed by atoms with E-state index in [-0.39, 0.29) is 31.3 Å². The molecule has 150 valence electrons. The summed E-state index contributed by atoms with van der Waals surface area (Å²) in [6.07, 6.45) is 0.450. The molecule has 0 heterocycles. The van der Waals surface area contributed by atoms with Crippen molar-refractivity contribution in [1.29, 1.82) is 0 Å². The fourth-order valence-corrected chi connectivity index (χ4v) is 2.78. The van der Waals surface area contributed by atoms with Gasteiger partial charge in [0.15, 0.2) is 0 Å². The molecule has 28 heavy (non-hydrogen) atoms. The van der Waals surface area contributed by atoms with Gasteiger partial charge in [-0.2, -0.15) is 0 Å². The first kappa shape index (κ1) is 21.4. The molecule has 0 fully saturated rings. The molecule has 2 rings (SSSR count). The maximum Gasteiger partial charge on any atom is 0.308 e. The number of hydrogen-bond acceptors (Lipinski definition) is 3. The predicted octanol–water partition coefficient (Wildman–Crippen LogP) is 2.75. The van der Waals surface area contributed by atoms with E-state index in [4.69, 9.17) is 0 Å². The molecule has 6 heteroatoms. The van der Waals surface area contributed by atoms with Crippen molar-refractivity contribution in [3.05, 3.63) is 48.0 Å². The summed E-state index contributed by atoms with van der Waals surface area (Å²) < 4.78 is 0. The third-order valence-corrected chi connectivity index (χ3v) is 4.51. The highest BCUT2D eigenvalue weighted by Crippen LogP contribution is 2.18. The Morgan fingerprint density at radius 3 is 2.32 bits per heavy atom. The van der Waals surface area contributed by atoms with E-state index in [9.17, 15) is 19.5 Å². The molecule has 0 unspecified atom stereocenters. The van der Waals surface area contributed by atoms with Gasteiger partial charge in [-0.3, -0.25) is 14.4 Å². The van der Waals surface area contributed by atoms with Crippen LogP contribution in [0.15, 0.2) is 42.5 Å². The zero-order valence-electron chi connectivity index (χ0n) is 16.6. The summed E-state index contributed by atoms with van der Waals surface area (Å²) in [5.74, 6) is -2.07. The number of carbonyl (C=O) groups excluding carboxylic acids is 2. The predicted molar refractivity (Wildman–Crippen MR) is 109 cm³/mol. The van der Waals surface area contributed by atoms with E-state index in [2.05, 4.69) is 10.6 Å². The summed E-state index contributed by atoms with van der Waals surface area (Å²) in [4.78, 5) is 35.3. The van der Waals surface area contributed by atoms with Gasteiger partial charge in [0.05, 0.1) is 5.92 Å². The number of carboxylic acid groups (broad SMARTS) is 1. The van der Waals surface area contributed by atoms with Crippen molar-refractivity contribution in [2.45, 2.75) is 33.6 Å². The summed E-state index contributed by atoms with van der Waals surface area (Å²) in [5, 5.41) is 17.0. The van der Waals surface area contributed by atoms with E-state index in [1.807, 2.05) is 42.5 Å². The minimum absolute atomic E-state index is 0.0498. The Kier molecular flexibility index (Phi) is 7.15. The number of carbonyl (C=O) groups is 3. The zero-order valence-corrected chi connectivity index (χ0v) is 16.6. The molecule has 0 aromatic heterocycles. The number of carboxylic acids is 1. The van der Waals surface area contributed by atoms with Crippen LogP contribution in [0.25, 0.3) is 10.8 Å². The monoisotopic (exact) mass is 384 g/mol. The Balaban J connectivity index is 1.86. The van der Waals surface area contributed by atoms with Crippen LogP contribution in [0, 0.1) is 11.3 Å². The molecule has 0 saturated heterocycles. The lowest BCUT2D eigenvalue weighted by molar-refractivity contribution is -0.141. The van der Waals surface area contributed by atoms with Crippen molar-refractivity contribution < 1.29 is 19.5 Å². The summed E-state index contributed by atoms with van der Waals surface area (Å²) in [6.45, 7) is 5.67. The second kappa shape index (κ2) is 9.35. The lowest BCUT2D eigenvalue weighted by atomic mass is 9.96. The fourth-order valence-electron chi connectivity index (χ4n) is 2.78. The van der Waals surface area contributed by atoms with E-state index in [0.29, 0.717) is 6.42 Å². The Morgan fingerprint density at radius 2 is 1.68 bits per heavy atom. The first-order valence-electron chi connectivity index (χ1n) is 9.42. The number of aliphatic carboxylic acids is 1. The van der Waals surface area contributed by atoms with E-state index in [1.54, 1.807) is 20.8 Å². The number of benzene rings is 2. The lowest BCUT2D eigenvalue weighted by Crippen LogP contribution is -2.39. The van der Waals surface area contributed by atoms with Crippen molar-refractivity contribution in [1.82, 2.24) is 10.6 Å². The van der Waals surface area contributed by atoms with Gasteiger partial charge in [0.1, 0.15) is 0 Å². The molecule has 0 radical (unpaired) electrons. The van der Waals surface area contributed by atoms with Crippen LogP contribution in [-0.2, 0) is 20.8 Å². The van der Waals surface area contributed by atoms with Gasteiger partial charge in [-0.25, -0.2) is 0 Å². The Hall–Kier alpha value is -2.89. The summed E-state index contributed by atoms with van der Waals surface area (Å²) in [5.41, 5.74) is 0.405. The van der Waals surface area contributed by atoms with Crippen molar-refractivity contribution in [2.24, 2.45) is 11.3 Å². The van der Waals surface area contributed by atoms with E-state index >= 15 is 0 Å².